The standard InChI is InChI=1S/C14H18FNO/c1-2-11-6-7-13(15)12(10-11)14(17)16-8-4-3-5-9-16/h6-7,10H,2-5,8-9H2,1H3. The van der Waals surface area contributed by atoms with E-state index >= 15 is 0 Å². The van der Waals surface area contributed by atoms with Crippen LogP contribution in [-0.2, 0) is 6.42 Å². The predicted molar refractivity (Wildman–Crippen MR) is 65.5 cm³/mol. The van der Waals surface area contributed by atoms with E-state index in [4.69, 9.17) is 0 Å². The van der Waals surface area contributed by atoms with Crippen LogP contribution in [0.25, 0.3) is 0 Å². The van der Waals surface area contributed by atoms with Crippen molar-refractivity contribution in [2.75, 3.05) is 13.1 Å². The molecule has 0 aromatic heterocycles. The van der Waals surface area contributed by atoms with Gasteiger partial charge in [-0.05, 0) is 43.4 Å². The Bertz CT molecular complexity index is 411. The Balaban J connectivity index is 2.22. The zero-order chi connectivity index (χ0) is 12.3. The molecule has 1 saturated heterocycles. The van der Waals surface area contributed by atoms with Crippen molar-refractivity contribution in [3.05, 3.63) is 35.1 Å². The molecular weight excluding hydrogens is 217 g/mol. The molecule has 2 nitrogen and oxygen atoms in total. The molecule has 0 atom stereocenters. The predicted octanol–water partition coefficient (Wildman–Crippen LogP) is 3.01. The second-order valence-corrected chi connectivity index (χ2v) is 4.52. The fourth-order valence-electron chi connectivity index (χ4n) is 2.22. The number of nitrogens with zero attached hydrogens (tertiary/aromatic N) is 1. The van der Waals surface area contributed by atoms with Crippen LogP contribution in [0, 0.1) is 5.82 Å². The molecule has 0 N–H and O–H groups in total. The number of carbonyl (C=O) groups is 1. The summed E-state index contributed by atoms with van der Waals surface area (Å²) in [5.41, 5.74) is 1.23. The molecular formula is C14H18FNO. The van der Waals surface area contributed by atoms with Crippen molar-refractivity contribution < 1.29 is 9.18 Å². The highest BCUT2D eigenvalue weighted by Gasteiger charge is 2.21. The molecule has 92 valence electrons. The molecule has 1 fully saturated rings. The minimum absolute atomic E-state index is 0.155. The van der Waals surface area contributed by atoms with Crippen LogP contribution in [0.5, 0.6) is 0 Å². The van der Waals surface area contributed by atoms with Crippen LogP contribution in [0.3, 0.4) is 0 Å². The van der Waals surface area contributed by atoms with Crippen molar-refractivity contribution in [2.24, 2.45) is 0 Å². The molecule has 3 heteroatoms. The molecule has 0 saturated carbocycles. The summed E-state index contributed by atoms with van der Waals surface area (Å²) in [4.78, 5) is 13.9. The maximum atomic E-state index is 13.7. The molecule has 1 aromatic rings. The van der Waals surface area contributed by atoms with Crippen LogP contribution < -0.4 is 0 Å². The zero-order valence-corrected chi connectivity index (χ0v) is 10.2. The Hall–Kier alpha value is -1.38. The normalized spacial score (nSPS) is 16.0. The molecule has 1 amide bonds. The second-order valence-electron chi connectivity index (χ2n) is 4.52. The van der Waals surface area contributed by atoms with Gasteiger partial charge in [0.25, 0.3) is 5.91 Å². The van der Waals surface area contributed by atoms with Gasteiger partial charge in [-0.15, -0.1) is 0 Å². The van der Waals surface area contributed by atoms with E-state index in [0.29, 0.717) is 0 Å². The Labute approximate surface area is 101 Å². The van der Waals surface area contributed by atoms with Crippen LogP contribution in [0.4, 0.5) is 4.39 Å². The molecule has 0 bridgehead atoms. The Morgan fingerprint density at radius 1 is 1.29 bits per heavy atom. The van der Waals surface area contributed by atoms with Gasteiger partial charge in [0.15, 0.2) is 0 Å². The van der Waals surface area contributed by atoms with Gasteiger partial charge in [-0.25, -0.2) is 4.39 Å². The first-order valence-corrected chi connectivity index (χ1v) is 6.30. The van der Waals surface area contributed by atoms with Gasteiger partial charge >= 0.3 is 0 Å². The van der Waals surface area contributed by atoms with E-state index in [2.05, 4.69) is 0 Å². The first-order chi connectivity index (χ1) is 8.22. The lowest BCUT2D eigenvalue weighted by Crippen LogP contribution is -2.36. The molecule has 2 rings (SSSR count). The summed E-state index contributed by atoms with van der Waals surface area (Å²) < 4.78 is 13.7. The number of likely N-dealkylation sites (tertiary alicyclic amines) is 1. The Morgan fingerprint density at radius 2 is 2.00 bits per heavy atom. The highest BCUT2D eigenvalue weighted by molar-refractivity contribution is 5.94. The van der Waals surface area contributed by atoms with Gasteiger partial charge in [-0.2, -0.15) is 0 Å². The molecule has 0 aliphatic carbocycles. The number of hydrogen-bond acceptors (Lipinski definition) is 1. The molecule has 0 spiro atoms. The van der Waals surface area contributed by atoms with E-state index in [-0.39, 0.29) is 11.5 Å². The molecule has 0 unspecified atom stereocenters. The van der Waals surface area contributed by atoms with Gasteiger partial charge in [0.05, 0.1) is 5.56 Å². The summed E-state index contributed by atoms with van der Waals surface area (Å²) in [5.74, 6) is -0.560. The maximum Gasteiger partial charge on any atom is 0.256 e. The van der Waals surface area contributed by atoms with Crippen molar-refractivity contribution in [1.29, 1.82) is 0 Å². The summed E-state index contributed by atoms with van der Waals surface area (Å²) in [6.45, 7) is 3.52. The minimum atomic E-state index is -0.405. The average molecular weight is 235 g/mol. The third kappa shape index (κ3) is 2.65. The van der Waals surface area contributed by atoms with E-state index in [1.807, 2.05) is 6.92 Å². The van der Waals surface area contributed by atoms with Crippen LogP contribution in [0.15, 0.2) is 18.2 Å². The first-order valence-electron chi connectivity index (χ1n) is 6.30. The quantitative estimate of drug-likeness (QED) is 0.771. The third-order valence-corrected chi connectivity index (χ3v) is 3.31. The van der Waals surface area contributed by atoms with Crippen molar-refractivity contribution in [3.63, 3.8) is 0 Å². The summed E-state index contributed by atoms with van der Waals surface area (Å²) >= 11 is 0. The number of aryl methyl sites for hydroxylation is 1. The van der Waals surface area contributed by atoms with Crippen LogP contribution in [-0.4, -0.2) is 23.9 Å². The number of piperidine rings is 1. The summed E-state index contributed by atoms with van der Waals surface area (Å²) in [5, 5.41) is 0. The second kappa shape index (κ2) is 5.30. The maximum absolute atomic E-state index is 13.7. The number of hydrogen-bond donors (Lipinski definition) is 0. The molecule has 1 aromatic carbocycles. The number of amides is 1. The van der Waals surface area contributed by atoms with Crippen LogP contribution >= 0.6 is 0 Å². The van der Waals surface area contributed by atoms with Gasteiger partial charge in [0, 0.05) is 13.1 Å². The zero-order valence-electron chi connectivity index (χ0n) is 10.2. The average Bonchev–Trinajstić information content (AvgIpc) is 2.39. The van der Waals surface area contributed by atoms with Crippen LogP contribution in [0.1, 0.15) is 42.1 Å². The fraction of sp³-hybridized carbons (Fsp3) is 0.500. The summed E-state index contributed by atoms with van der Waals surface area (Å²) in [6.07, 6.45) is 4.05. The minimum Gasteiger partial charge on any atom is -0.339 e. The number of halogens is 1. The number of carbonyl (C=O) groups excluding carboxylic acids is 1. The summed E-state index contributed by atoms with van der Waals surface area (Å²) in [7, 11) is 0. The highest BCUT2D eigenvalue weighted by Crippen LogP contribution is 2.17. The monoisotopic (exact) mass is 235 g/mol. The van der Waals surface area contributed by atoms with Crippen molar-refractivity contribution >= 4 is 5.91 Å². The largest absolute Gasteiger partial charge is 0.339 e. The lowest BCUT2D eigenvalue weighted by Gasteiger charge is -2.27. The molecule has 0 radical (unpaired) electrons. The smallest absolute Gasteiger partial charge is 0.256 e. The SMILES string of the molecule is CCc1ccc(F)c(C(=O)N2CCCCC2)c1. The van der Waals surface area contributed by atoms with Crippen molar-refractivity contribution in [3.8, 4) is 0 Å². The molecule has 1 aliphatic rings. The van der Waals surface area contributed by atoms with Gasteiger partial charge in [-0.1, -0.05) is 13.0 Å². The van der Waals surface area contributed by atoms with Gasteiger partial charge < -0.3 is 4.90 Å². The van der Waals surface area contributed by atoms with Crippen molar-refractivity contribution in [1.82, 2.24) is 4.90 Å². The van der Waals surface area contributed by atoms with E-state index in [0.717, 1.165) is 37.9 Å². The van der Waals surface area contributed by atoms with Crippen molar-refractivity contribution in [2.45, 2.75) is 32.6 Å². The number of rotatable bonds is 2. The highest BCUT2D eigenvalue weighted by atomic mass is 19.1. The lowest BCUT2D eigenvalue weighted by atomic mass is 10.1. The van der Waals surface area contributed by atoms with Gasteiger partial charge in [0.1, 0.15) is 5.82 Å². The number of benzene rings is 1. The summed E-state index contributed by atoms with van der Waals surface area (Å²) in [6, 6.07) is 4.82. The lowest BCUT2D eigenvalue weighted by molar-refractivity contribution is 0.0719. The van der Waals surface area contributed by atoms with Gasteiger partial charge in [0.2, 0.25) is 0 Å². The Morgan fingerprint density at radius 3 is 2.65 bits per heavy atom. The first kappa shape index (κ1) is 12.1. The van der Waals surface area contributed by atoms with E-state index < -0.39 is 5.82 Å². The topological polar surface area (TPSA) is 20.3 Å². The van der Waals surface area contributed by atoms with E-state index in [1.165, 1.54) is 12.5 Å². The van der Waals surface area contributed by atoms with E-state index in [9.17, 15) is 9.18 Å². The molecule has 1 heterocycles. The third-order valence-electron chi connectivity index (χ3n) is 3.31. The molecule has 1 aliphatic heterocycles. The van der Waals surface area contributed by atoms with Gasteiger partial charge in [-0.3, -0.25) is 4.79 Å². The fourth-order valence-corrected chi connectivity index (χ4v) is 2.22. The molecule has 17 heavy (non-hydrogen) atoms. The Kier molecular flexibility index (Phi) is 3.77. The van der Waals surface area contributed by atoms with Crippen LogP contribution in [0.2, 0.25) is 0 Å². The van der Waals surface area contributed by atoms with E-state index in [1.54, 1.807) is 17.0 Å².